The predicted octanol–water partition coefficient (Wildman–Crippen LogP) is 3.83. The number of benzene rings is 1. The summed E-state index contributed by atoms with van der Waals surface area (Å²) in [6.07, 6.45) is -4.46. The van der Waals surface area contributed by atoms with Gasteiger partial charge in [0.15, 0.2) is 5.65 Å². The van der Waals surface area contributed by atoms with Crippen molar-refractivity contribution in [2.45, 2.75) is 39.7 Å². The van der Waals surface area contributed by atoms with Crippen molar-refractivity contribution in [2.75, 3.05) is 5.73 Å². The van der Waals surface area contributed by atoms with Gasteiger partial charge in [-0.3, -0.25) is 4.98 Å². The molecular formula is C18H19F4N5O. The lowest BCUT2D eigenvalue weighted by Gasteiger charge is -2.31. The Hall–Kier alpha value is -2.91. The molecule has 0 spiro atoms. The third kappa shape index (κ3) is 3.46. The molecule has 2 aromatic heterocycles. The Balaban J connectivity index is 2.26. The summed E-state index contributed by atoms with van der Waals surface area (Å²) in [5.41, 5.74) is 4.35. The maximum atomic E-state index is 13.5. The maximum Gasteiger partial charge on any atom is 0.416 e. The van der Waals surface area contributed by atoms with Crippen LogP contribution in [0, 0.1) is 5.41 Å². The Morgan fingerprint density at radius 1 is 1.18 bits per heavy atom. The summed E-state index contributed by atoms with van der Waals surface area (Å²) in [4.78, 5) is 18.0. The van der Waals surface area contributed by atoms with Crippen LogP contribution >= 0.6 is 0 Å². The van der Waals surface area contributed by atoms with E-state index in [0.29, 0.717) is 5.56 Å². The Bertz CT molecular complexity index is 1060. The summed E-state index contributed by atoms with van der Waals surface area (Å²) >= 11 is 0. The summed E-state index contributed by atoms with van der Waals surface area (Å²) in [5.74, 6) is -0.0611. The Labute approximate surface area is 157 Å². The number of H-pyrrole nitrogens is 1. The SMILES string of the molecule is CC(C)(C)C(c1ccc(C(F)(F)F)cc1)n1nc(CF)c2c(N)[nH]c(=O)nc21. The molecule has 1 atom stereocenters. The number of hydrogen-bond acceptors (Lipinski definition) is 4. The number of nitrogens with one attached hydrogen (secondary N) is 1. The molecule has 0 saturated heterocycles. The molecule has 0 aliphatic rings. The molecular weight excluding hydrogens is 378 g/mol. The third-order valence-corrected chi connectivity index (χ3v) is 4.42. The van der Waals surface area contributed by atoms with Crippen LogP contribution in [-0.4, -0.2) is 19.7 Å². The number of fused-ring (bicyclic) bond motifs is 1. The number of aromatic amines is 1. The van der Waals surface area contributed by atoms with E-state index in [9.17, 15) is 22.4 Å². The quantitative estimate of drug-likeness (QED) is 0.658. The molecule has 6 nitrogen and oxygen atoms in total. The van der Waals surface area contributed by atoms with E-state index in [4.69, 9.17) is 5.73 Å². The van der Waals surface area contributed by atoms with E-state index in [1.807, 2.05) is 20.8 Å². The molecule has 0 amide bonds. The fourth-order valence-electron chi connectivity index (χ4n) is 3.29. The van der Waals surface area contributed by atoms with Gasteiger partial charge in [0, 0.05) is 0 Å². The minimum atomic E-state index is -4.46. The highest BCUT2D eigenvalue weighted by Gasteiger charge is 2.34. The van der Waals surface area contributed by atoms with Gasteiger partial charge in [0.2, 0.25) is 0 Å². The van der Waals surface area contributed by atoms with Crippen molar-refractivity contribution in [2.24, 2.45) is 5.41 Å². The van der Waals surface area contributed by atoms with Gasteiger partial charge in [-0.2, -0.15) is 23.3 Å². The molecule has 0 aliphatic carbocycles. The number of anilines is 1. The van der Waals surface area contributed by atoms with Crippen LogP contribution < -0.4 is 11.4 Å². The molecule has 3 rings (SSSR count). The smallest absolute Gasteiger partial charge is 0.384 e. The largest absolute Gasteiger partial charge is 0.416 e. The zero-order chi connectivity index (χ0) is 20.9. The Kier molecular flexibility index (Phi) is 4.68. The van der Waals surface area contributed by atoms with Gasteiger partial charge in [-0.15, -0.1) is 0 Å². The number of halogens is 4. The number of hydrogen-bond donors (Lipinski definition) is 2. The fraction of sp³-hybridized carbons (Fsp3) is 0.389. The first-order chi connectivity index (χ1) is 12.9. The topological polar surface area (TPSA) is 89.6 Å². The molecule has 0 saturated carbocycles. The van der Waals surface area contributed by atoms with Crippen LogP contribution in [-0.2, 0) is 12.9 Å². The Morgan fingerprint density at radius 2 is 1.79 bits per heavy atom. The van der Waals surface area contributed by atoms with Crippen LogP contribution in [0.5, 0.6) is 0 Å². The number of rotatable bonds is 3. The fourth-order valence-corrected chi connectivity index (χ4v) is 3.29. The van der Waals surface area contributed by atoms with Gasteiger partial charge in [-0.05, 0) is 23.1 Å². The average Bonchev–Trinajstić information content (AvgIpc) is 2.92. The molecule has 10 heteroatoms. The molecule has 0 aliphatic heterocycles. The first-order valence-electron chi connectivity index (χ1n) is 8.43. The summed E-state index contributed by atoms with van der Waals surface area (Å²) in [6, 6.07) is 4.02. The van der Waals surface area contributed by atoms with Crippen molar-refractivity contribution in [1.29, 1.82) is 0 Å². The minimum Gasteiger partial charge on any atom is -0.384 e. The molecule has 28 heavy (non-hydrogen) atoms. The third-order valence-electron chi connectivity index (χ3n) is 4.42. The van der Waals surface area contributed by atoms with Crippen molar-refractivity contribution in [1.82, 2.24) is 19.7 Å². The van der Waals surface area contributed by atoms with Gasteiger partial charge in [0.25, 0.3) is 0 Å². The average molecular weight is 397 g/mol. The van der Waals surface area contributed by atoms with E-state index < -0.39 is 35.6 Å². The van der Waals surface area contributed by atoms with Crippen molar-refractivity contribution in [3.05, 3.63) is 51.6 Å². The van der Waals surface area contributed by atoms with E-state index in [1.54, 1.807) is 0 Å². The van der Waals surface area contributed by atoms with E-state index >= 15 is 0 Å². The van der Waals surface area contributed by atoms with Gasteiger partial charge in [0.05, 0.1) is 17.0 Å². The maximum absolute atomic E-state index is 13.5. The monoisotopic (exact) mass is 397 g/mol. The second-order valence-corrected chi connectivity index (χ2v) is 7.57. The lowest BCUT2D eigenvalue weighted by Crippen LogP contribution is -2.27. The van der Waals surface area contributed by atoms with E-state index in [1.165, 1.54) is 16.8 Å². The van der Waals surface area contributed by atoms with Crippen molar-refractivity contribution >= 4 is 16.9 Å². The number of alkyl halides is 4. The highest BCUT2D eigenvalue weighted by atomic mass is 19.4. The molecule has 1 unspecified atom stereocenters. The minimum absolute atomic E-state index is 0.00240. The van der Waals surface area contributed by atoms with E-state index in [-0.39, 0.29) is 22.5 Å². The summed E-state index contributed by atoms with van der Waals surface area (Å²) in [7, 11) is 0. The van der Waals surface area contributed by atoms with Crippen molar-refractivity contribution < 1.29 is 17.6 Å². The molecule has 150 valence electrons. The second-order valence-electron chi connectivity index (χ2n) is 7.57. The van der Waals surface area contributed by atoms with Gasteiger partial charge in [0.1, 0.15) is 18.2 Å². The van der Waals surface area contributed by atoms with Crippen LogP contribution in [0.15, 0.2) is 29.1 Å². The number of nitrogens with zero attached hydrogens (tertiary/aromatic N) is 3. The highest BCUT2D eigenvalue weighted by Crippen LogP contribution is 2.39. The van der Waals surface area contributed by atoms with Gasteiger partial charge >= 0.3 is 11.9 Å². The van der Waals surface area contributed by atoms with Crippen LogP contribution in [0.3, 0.4) is 0 Å². The zero-order valence-corrected chi connectivity index (χ0v) is 15.4. The Morgan fingerprint density at radius 3 is 2.29 bits per heavy atom. The molecule has 3 N–H and O–H groups in total. The van der Waals surface area contributed by atoms with Gasteiger partial charge in [-0.25, -0.2) is 13.9 Å². The van der Waals surface area contributed by atoms with Crippen LogP contribution in [0.4, 0.5) is 23.4 Å². The highest BCUT2D eigenvalue weighted by molar-refractivity contribution is 5.88. The first-order valence-corrected chi connectivity index (χ1v) is 8.43. The normalized spacial score (nSPS) is 13.8. The first kappa shape index (κ1) is 19.8. The van der Waals surface area contributed by atoms with Crippen molar-refractivity contribution in [3.63, 3.8) is 0 Å². The van der Waals surface area contributed by atoms with Crippen LogP contribution in [0.25, 0.3) is 11.0 Å². The van der Waals surface area contributed by atoms with Crippen LogP contribution in [0.1, 0.15) is 43.6 Å². The lowest BCUT2D eigenvalue weighted by atomic mass is 9.82. The number of nitrogens with two attached hydrogens (primary N) is 1. The molecule has 1 aromatic carbocycles. The van der Waals surface area contributed by atoms with Gasteiger partial charge < -0.3 is 5.73 Å². The predicted molar refractivity (Wildman–Crippen MR) is 96.4 cm³/mol. The molecule has 0 bridgehead atoms. The molecule has 2 heterocycles. The number of aromatic nitrogens is 4. The summed E-state index contributed by atoms with van der Waals surface area (Å²) < 4.78 is 53.6. The van der Waals surface area contributed by atoms with Gasteiger partial charge in [-0.1, -0.05) is 32.9 Å². The van der Waals surface area contributed by atoms with E-state index in [0.717, 1.165) is 12.1 Å². The van der Waals surface area contributed by atoms with Crippen LogP contribution in [0.2, 0.25) is 0 Å². The van der Waals surface area contributed by atoms with E-state index in [2.05, 4.69) is 15.1 Å². The zero-order valence-electron chi connectivity index (χ0n) is 15.4. The molecule has 3 aromatic rings. The number of nitrogen functional groups attached to an aromatic ring is 1. The standard InChI is InChI=1S/C18H19F4N5O/c1-17(2,3)13(9-4-6-10(7-5-9)18(20,21)22)27-15-12(11(8-19)26-27)14(23)24-16(28)25-15/h4-7,13H,8H2,1-3H3,(H3,23,24,25,28). The lowest BCUT2D eigenvalue weighted by molar-refractivity contribution is -0.137. The molecule has 0 radical (unpaired) electrons. The summed E-state index contributed by atoms with van der Waals surface area (Å²) in [5, 5.41) is 4.43. The molecule has 0 fully saturated rings. The summed E-state index contributed by atoms with van der Waals surface area (Å²) in [6.45, 7) is 4.63. The van der Waals surface area contributed by atoms with Crippen molar-refractivity contribution in [3.8, 4) is 0 Å². The second kappa shape index (κ2) is 6.61.